The summed E-state index contributed by atoms with van der Waals surface area (Å²) in [6, 6.07) is 10.0. The van der Waals surface area contributed by atoms with Crippen LogP contribution in [0.5, 0.6) is 0 Å². The summed E-state index contributed by atoms with van der Waals surface area (Å²) < 4.78 is 6.90. The highest BCUT2D eigenvalue weighted by Crippen LogP contribution is 2.30. The summed E-state index contributed by atoms with van der Waals surface area (Å²) in [6.45, 7) is 2.06. The predicted molar refractivity (Wildman–Crippen MR) is 81.4 cm³/mol. The van der Waals surface area contributed by atoms with Gasteiger partial charge in [0.05, 0.1) is 0 Å². The molecule has 98 valence electrons. The molecule has 1 N–H and O–H groups in total. The predicted octanol–water partition coefficient (Wildman–Crippen LogP) is 4.83. The van der Waals surface area contributed by atoms with E-state index in [0.717, 1.165) is 27.4 Å². The van der Waals surface area contributed by atoms with Crippen molar-refractivity contribution in [2.45, 2.75) is 6.92 Å². The van der Waals surface area contributed by atoms with Crippen LogP contribution in [0.1, 0.15) is 5.56 Å². The highest BCUT2D eigenvalue weighted by Gasteiger charge is 2.10. The standard InChI is InChI=1S/C14H11BrN2O.ClH/c1-9-8-10(15)2-3-11(9)12-4-5-13(18-12)14-16-6-7-17-14;/h2-8H,1H3,(H,16,17);1H. The van der Waals surface area contributed by atoms with E-state index in [9.17, 15) is 0 Å². The van der Waals surface area contributed by atoms with Crippen LogP contribution >= 0.6 is 28.3 Å². The van der Waals surface area contributed by atoms with Crippen LogP contribution < -0.4 is 0 Å². The van der Waals surface area contributed by atoms with Gasteiger partial charge in [0.25, 0.3) is 0 Å². The van der Waals surface area contributed by atoms with Gasteiger partial charge in [-0.2, -0.15) is 0 Å². The molecule has 2 aromatic heterocycles. The molecule has 0 saturated heterocycles. The first kappa shape index (κ1) is 13.9. The van der Waals surface area contributed by atoms with Gasteiger partial charge in [0.2, 0.25) is 0 Å². The molecule has 5 heteroatoms. The van der Waals surface area contributed by atoms with E-state index < -0.39 is 0 Å². The van der Waals surface area contributed by atoms with Gasteiger partial charge < -0.3 is 9.40 Å². The van der Waals surface area contributed by atoms with E-state index in [1.54, 1.807) is 12.4 Å². The normalized spacial score (nSPS) is 10.2. The van der Waals surface area contributed by atoms with Crippen LogP contribution in [0.4, 0.5) is 0 Å². The summed E-state index contributed by atoms with van der Waals surface area (Å²) in [6.07, 6.45) is 3.49. The van der Waals surface area contributed by atoms with Gasteiger partial charge in [0.15, 0.2) is 11.6 Å². The van der Waals surface area contributed by atoms with Gasteiger partial charge in [0.1, 0.15) is 5.76 Å². The number of rotatable bonds is 2. The van der Waals surface area contributed by atoms with E-state index >= 15 is 0 Å². The second kappa shape index (κ2) is 5.63. The van der Waals surface area contributed by atoms with Crippen molar-refractivity contribution in [3.63, 3.8) is 0 Å². The molecule has 0 spiro atoms. The van der Waals surface area contributed by atoms with Crippen molar-refractivity contribution < 1.29 is 4.42 Å². The molecule has 0 aliphatic rings. The number of benzene rings is 1. The molecule has 0 aliphatic heterocycles. The van der Waals surface area contributed by atoms with Gasteiger partial charge in [-0.1, -0.05) is 15.9 Å². The van der Waals surface area contributed by atoms with Crippen molar-refractivity contribution in [2.75, 3.05) is 0 Å². The molecule has 0 amide bonds. The number of nitrogens with one attached hydrogen (secondary N) is 1. The third-order valence-corrected chi connectivity index (χ3v) is 3.28. The minimum atomic E-state index is 0. The SMILES string of the molecule is Cc1cc(Br)ccc1-c1ccc(-c2ncc[nH]2)o1.Cl. The monoisotopic (exact) mass is 338 g/mol. The average molecular weight is 340 g/mol. The molecule has 3 nitrogen and oxygen atoms in total. The lowest BCUT2D eigenvalue weighted by molar-refractivity contribution is 0.592. The minimum Gasteiger partial charge on any atom is -0.453 e. The van der Waals surface area contributed by atoms with E-state index in [2.05, 4.69) is 38.9 Å². The second-order valence-electron chi connectivity index (χ2n) is 4.06. The number of aryl methyl sites for hydroxylation is 1. The zero-order chi connectivity index (χ0) is 12.5. The van der Waals surface area contributed by atoms with E-state index in [1.165, 1.54) is 5.56 Å². The largest absolute Gasteiger partial charge is 0.453 e. The van der Waals surface area contributed by atoms with Crippen molar-refractivity contribution in [1.82, 2.24) is 9.97 Å². The quantitative estimate of drug-likeness (QED) is 0.726. The molecule has 0 saturated carbocycles. The Kier molecular flexibility index (Phi) is 4.12. The number of aromatic nitrogens is 2. The molecule has 0 radical (unpaired) electrons. The Balaban J connectivity index is 0.00000133. The van der Waals surface area contributed by atoms with Crippen molar-refractivity contribution in [2.24, 2.45) is 0 Å². The van der Waals surface area contributed by atoms with Gasteiger partial charge in [0, 0.05) is 22.4 Å². The van der Waals surface area contributed by atoms with E-state index in [0.29, 0.717) is 0 Å². The highest BCUT2D eigenvalue weighted by molar-refractivity contribution is 9.10. The average Bonchev–Trinajstić information content (AvgIpc) is 2.99. The maximum atomic E-state index is 5.83. The molecule has 0 fully saturated rings. The maximum absolute atomic E-state index is 5.83. The first-order valence-electron chi connectivity index (χ1n) is 5.60. The molecule has 3 rings (SSSR count). The Hall–Kier alpha value is -1.52. The minimum absolute atomic E-state index is 0. The van der Waals surface area contributed by atoms with Gasteiger partial charge >= 0.3 is 0 Å². The molecule has 3 aromatic rings. The second-order valence-corrected chi connectivity index (χ2v) is 4.98. The summed E-state index contributed by atoms with van der Waals surface area (Å²) in [4.78, 5) is 7.20. The number of nitrogens with zero attached hydrogens (tertiary/aromatic N) is 1. The van der Waals surface area contributed by atoms with Crippen LogP contribution in [0.25, 0.3) is 22.9 Å². The van der Waals surface area contributed by atoms with E-state index in [1.807, 2.05) is 24.3 Å². The van der Waals surface area contributed by atoms with Crippen molar-refractivity contribution >= 4 is 28.3 Å². The lowest BCUT2D eigenvalue weighted by Gasteiger charge is -2.02. The summed E-state index contributed by atoms with van der Waals surface area (Å²) in [5.41, 5.74) is 2.26. The maximum Gasteiger partial charge on any atom is 0.173 e. The van der Waals surface area contributed by atoms with Gasteiger partial charge in [-0.3, -0.25) is 0 Å². The van der Waals surface area contributed by atoms with Crippen molar-refractivity contribution in [3.05, 3.63) is 52.8 Å². The smallest absolute Gasteiger partial charge is 0.173 e. The number of furan rings is 1. The van der Waals surface area contributed by atoms with Crippen LogP contribution in [-0.2, 0) is 0 Å². The number of H-pyrrole nitrogens is 1. The number of halogens is 2. The fourth-order valence-electron chi connectivity index (χ4n) is 1.91. The Morgan fingerprint density at radius 2 is 1.95 bits per heavy atom. The molecule has 0 unspecified atom stereocenters. The molecule has 0 bridgehead atoms. The number of hydrogen-bond donors (Lipinski definition) is 1. The third kappa shape index (κ3) is 2.74. The van der Waals surface area contributed by atoms with Gasteiger partial charge in [-0.05, 0) is 42.8 Å². The first-order chi connectivity index (χ1) is 8.74. The molecule has 0 aliphatic carbocycles. The fraction of sp³-hybridized carbons (Fsp3) is 0.0714. The molecule has 19 heavy (non-hydrogen) atoms. The van der Waals surface area contributed by atoms with Crippen molar-refractivity contribution in [1.29, 1.82) is 0 Å². The molecule has 1 aromatic carbocycles. The zero-order valence-corrected chi connectivity index (χ0v) is 12.6. The van der Waals surface area contributed by atoms with Gasteiger partial charge in [-0.25, -0.2) is 4.98 Å². The van der Waals surface area contributed by atoms with Crippen LogP contribution in [0, 0.1) is 6.92 Å². The van der Waals surface area contributed by atoms with E-state index in [-0.39, 0.29) is 12.4 Å². The van der Waals surface area contributed by atoms with Crippen LogP contribution in [-0.4, -0.2) is 9.97 Å². The van der Waals surface area contributed by atoms with Crippen LogP contribution in [0.2, 0.25) is 0 Å². The summed E-state index contributed by atoms with van der Waals surface area (Å²) in [5.74, 6) is 2.35. The number of hydrogen-bond acceptors (Lipinski definition) is 2. The summed E-state index contributed by atoms with van der Waals surface area (Å²) >= 11 is 3.46. The van der Waals surface area contributed by atoms with Crippen LogP contribution in [0.3, 0.4) is 0 Å². The highest BCUT2D eigenvalue weighted by atomic mass is 79.9. The summed E-state index contributed by atoms with van der Waals surface area (Å²) in [5, 5.41) is 0. The van der Waals surface area contributed by atoms with E-state index in [4.69, 9.17) is 4.42 Å². The summed E-state index contributed by atoms with van der Waals surface area (Å²) in [7, 11) is 0. The lowest BCUT2D eigenvalue weighted by Crippen LogP contribution is -1.80. The lowest BCUT2D eigenvalue weighted by atomic mass is 10.1. The van der Waals surface area contributed by atoms with Crippen molar-refractivity contribution in [3.8, 4) is 22.9 Å². The Labute approximate surface area is 125 Å². The first-order valence-corrected chi connectivity index (χ1v) is 6.39. The molecule has 0 atom stereocenters. The van der Waals surface area contributed by atoms with Gasteiger partial charge in [-0.15, -0.1) is 12.4 Å². The third-order valence-electron chi connectivity index (χ3n) is 2.79. The number of imidazole rings is 1. The fourth-order valence-corrected chi connectivity index (χ4v) is 2.39. The zero-order valence-electron chi connectivity index (χ0n) is 10.2. The number of aromatic amines is 1. The molecular weight excluding hydrogens is 328 g/mol. The molecule has 2 heterocycles. The topological polar surface area (TPSA) is 41.8 Å². The molecular formula is C14H12BrClN2O. The Morgan fingerprint density at radius 1 is 1.16 bits per heavy atom. The Bertz CT molecular complexity index is 677. The Morgan fingerprint density at radius 3 is 2.63 bits per heavy atom. The van der Waals surface area contributed by atoms with Crippen LogP contribution in [0.15, 0.2) is 51.6 Å².